The summed E-state index contributed by atoms with van der Waals surface area (Å²) in [5.74, 6) is -0.340. The molecular weight excluding hydrogens is 296 g/mol. The number of fused-ring (bicyclic) bond motifs is 2. The molecule has 0 N–H and O–H groups in total. The number of non-ortho nitro benzene ring substituents is 1. The number of rotatable bonds is 3. The van der Waals surface area contributed by atoms with Gasteiger partial charge in [0.1, 0.15) is 0 Å². The van der Waals surface area contributed by atoms with Crippen molar-refractivity contribution < 1.29 is 14.5 Å². The molecule has 1 aromatic rings. The third-order valence-corrected chi connectivity index (χ3v) is 4.72. The highest BCUT2D eigenvalue weighted by molar-refractivity contribution is 6.07. The SMILES string of the molecule is CC(C)(C)CN1C(=O)C2CC(c3ccc([N+](=O)[O-])cc3)(C2)C1=O. The van der Waals surface area contributed by atoms with Crippen LogP contribution in [0.4, 0.5) is 5.69 Å². The van der Waals surface area contributed by atoms with Crippen LogP contribution < -0.4 is 0 Å². The molecule has 6 nitrogen and oxygen atoms in total. The summed E-state index contributed by atoms with van der Waals surface area (Å²) in [5.41, 5.74) is -0.0623. The third-order valence-electron chi connectivity index (χ3n) is 4.72. The van der Waals surface area contributed by atoms with Crippen molar-refractivity contribution >= 4 is 17.5 Å². The predicted octanol–water partition coefficient (Wildman–Crippen LogP) is 2.66. The van der Waals surface area contributed by atoms with Crippen molar-refractivity contribution in [1.29, 1.82) is 0 Å². The second-order valence-electron chi connectivity index (χ2n) is 7.78. The summed E-state index contributed by atoms with van der Waals surface area (Å²) < 4.78 is 0. The highest BCUT2D eigenvalue weighted by Gasteiger charge is 2.61. The number of hydrogen-bond acceptors (Lipinski definition) is 4. The molecule has 0 spiro atoms. The van der Waals surface area contributed by atoms with Gasteiger partial charge in [-0.1, -0.05) is 32.9 Å². The van der Waals surface area contributed by atoms with E-state index in [1.54, 1.807) is 12.1 Å². The van der Waals surface area contributed by atoms with Crippen LogP contribution in [-0.4, -0.2) is 28.2 Å². The van der Waals surface area contributed by atoms with Gasteiger partial charge >= 0.3 is 0 Å². The first-order valence-corrected chi connectivity index (χ1v) is 7.75. The second-order valence-corrected chi connectivity index (χ2v) is 7.78. The Labute approximate surface area is 134 Å². The maximum Gasteiger partial charge on any atom is 0.269 e. The van der Waals surface area contributed by atoms with Gasteiger partial charge in [0.2, 0.25) is 11.8 Å². The summed E-state index contributed by atoms with van der Waals surface area (Å²) in [6, 6.07) is 6.15. The molecule has 2 bridgehead atoms. The minimum Gasteiger partial charge on any atom is -0.281 e. The largest absolute Gasteiger partial charge is 0.281 e. The van der Waals surface area contributed by atoms with Gasteiger partial charge in [-0.15, -0.1) is 0 Å². The van der Waals surface area contributed by atoms with E-state index in [2.05, 4.69) is 0 Å². The molecule has 23 heavy (non-hydrogen) atoms. The number of carbonyl (C=O) groups is 2. The van der Waals surface area contributed by atoms with Gasteiger partial charge in [-0.3, -0.25) is 24.6 Å². The van der Waals surface area contributed by atoms with Crippen LogP contribution in [0.25, 0.3) is 0 Å². The molecule has 3 aliphatic rings. The maximum absolute atomic E-state index is 13.0. The van der Waals surface area contributed by atoms with Gasteiger partial charge in [0.15, 0.2) is 0 Å². The Balaban J connectivity index is 1.92. The lowest BCUT2D eigenvalue weighted by Gasteiger charge is -2.54. The van der Waals surface area contributed by atoms with Gasteiger partial charge in [0.05, 0.1) is 10.3 Å². The van der Waals surface area contributed by atoms with Crippen LogP contribution in [0.15, 0.2) is 24.3 Å². The van der Waals surface area contributed by atoms with E-state index in [-0.39, 0.29) is 28.8 Å². The fraction of sp³-hybridized carbons (Fsp3) is 0.529. The molecule has 1 aromatic carbocycles. The van der Waals surface area contributed by atoms with Crippen LogP contribution in [0.2, 0.25) is 0 Å². The predicted molar refractivity (Wildman–Crippen MR) is 83.7 cm³/mol. The maximum atomic E-state index is 13.0. The van der Waals surface area contributed by atoms with Crippen LogP contribution in [0.3, 0.4) is 0 Å². The quantitative estimate of drug-likeness (QED) is 0.488. The van der Waals surface area contributed by atoms with Gasteiger partial charge in [0.25, 0.3) is 5.69 Å². The van der Waals surface area contributed by atoms with Crippen LogP contribution >= 0.6 is 0 Å². The molecule has 2 aliphatic heterocycles. The van der Waals surface area contributed by atoms with Crippen molar-refractivity contribution in [3.63, 3.8) is 0 Å². The Kier molecular flexibility index (Phi) is 3.32. The molecule has 1 aliphatic carbocycles. The lowest BCUT2D eigenvalue weighted by atomic mass is 9.54. The van der Waals surface area contributed by atoms with Crippen LogP contribution in [0.5, 0.6) is 0 Å². The number of nitro benzene ring substituents is 1. The first kappa shape index (κ1) is 15.6. The molecule has 0 unspecified atom stereocenters. The van der Waals surface area contributed by atoms with Crippen molar-refractivity contribution in [3.8, 4) is 0 Å². The molecule has 6 heteroatoms. The zero-order chi connectivity index (χ0) is 17.0. The fourth-order valence-electron chi connectivity index (χ4n) is 3.59. The molecule has 2 heterocycles. The molecule has 1 saturated carbocycles. The minimum absolute atomic E-state index is 0.00639. The van der Waals surface area contributed by atoms with Crippen LogP contribution in [-0.2, 0) is 15.0 Å². The van der Waals surface area contributed by atoms with Gasteiger partial charge < -0.3 is 0 Å². The highest BCUT2D eigenvalue weighted by Crippen LogP contribution is 2.53. The molecule has 0 radical (unpaired) electrons. The van der Waals surface area contributed by atoms with Crippen LogP contribution in [0.1, 0.15) is 39.2 Å². The molecule has 3 fully saturated rings. The summed E-state index contributed by atoms with van der Waals surface area (Å²) in [6.07, 6.45) is 1.03. The number of nitro groups is 1. The Hall–Kier alpha value is -2.24. The number of benzene rings is 1. The average molecular weight is 316 g/mol. The molecule has 2 saturated heterocycles. The first-order valence-electron chi connectivity index (χ1n) is 7.75. The number of carbonyl (C=O) groups excluding carboxylic acids is 2. The summed E-state index contributed by atoms with van der Waals surface area (Å²) >= 11 is 0. The molecule has 2 amide bonds. The van der Waals surface area contributed by atoms with Crippen molar-refractivity contribution in [2.75, 3.05) is 6.54 Å². The smallest absolute Gasteiger partial charge is 0.269 e. The summed E-state index contributed by atoms with van der Waals surface area (Å²) in [4.78, 5) is 37.1. The van der Waals surface area contributed by atoms with E-state index >= 15 is 0 Å². The van der Waals surface area contributed by atoms with Gasteiger partial charge in [0, 0.05) is 24.6 Å². The lowest BCUT2D eigenvalue weighted by molar-refractivity contribution is -0.384. The van der Waals surface area contributed by atoms with Gasteiger partial charge in [-0.2, -0.15) is 0 Å². The topological polar surface area (TPSA) is 80.5 Å². The van der Waals surface area contributed by atoms with E-state index in [1.807, 2.05) is 20.8 Å². The van der Waals surface area contributed by atoms with E-state index in [0.29, 0.717) is 19.4 Å². The van der Waals surface area contributed by atoms with Crippen LogP contribution in [0, 0.1) is 21.4 Å². The molecule has 0 atom stereocenters. The minimum atomic E-state index is -0.682. The monoisotopic (exact) mass is 316 g/mol. The van der Waals surface area contributed by atoms with Gasteiger partial charge in [-0.05, 0) is 23.8 Å². The Morgan fingerprint density at radius 3 is 2.26 bits per heavy atom. The van der Waals surface area contributed by atoms with E-state index in [0.717, 1.165) is 5.56 Å². The molecule has 0 aromatic heterocycles. The number of nitrogens with zero attached hydrogens (tertiary/aromatic N) is 2. The Bertz CT molecular complexity index is 682. The molecular formula is C17H20N2O4. The summed E-state index contributed by atoms with van der Waals surface area (Å²) in [6.45, 7) is 6.38. The average Bonchev–Trinajstić information content (AvgIpc) is 2.41. The second kappa shape index (κ2) is 4.88. The Morgan fingerprint density at radius 2 is 1.78 bits per heavy atom. The van der Waals surface area contributed by atoms with Crippen molar-refractivity contribution in [2.45, 2.75) is 39.0 Å². The van der Waals surface area contributed by atoms with Crippen molar-refractivity contribution in [3.05, 3.63) is 39.9 Å². The number of hydrogen-bond donors (Lipinski definition) is 0. The van der Waals surface area contributed by atoms with E-state index in [4.69, 9.17) is 0 Å². The molecule has 122 valence electrons. The lowest BCUT2D eigenvalue weighted by Crippen LogP contribution is -2.66. The highest BCUT2D eigenvalue weighted by atomic mass is 16.6. The summed E-state index contributed by atoms with van der Waals surface area (Å²) in [7, 11) is 0. The normalized spacial score (nSPS) is 26.9. The van der Waals surface area contributed by atoms with Crippen molar-refractivity contribution in [1.82, 2.24) is 4.90 Å². The fourth-order valence-corrected chi connectivity index (χ4v) is 3.59. The Morgan fingerprint density at radius 1 is 1.22 bits per heavy atom. The van der Waals surface area contributed by atoms with E-state index in [9.17, 15) is 19.7 Å². The zero-order valence-electron chi connectivity index (χ0n) is 13.5. The van der Waals surface area contributed by atoms with Gasteiger partial charge in [-0.25, -0.2) is 0 Å². The standard InChI is InChI=1S/C17H20N2O4/c1-16(2,3)10-18-14(20)11-8-17(9-11,15(18)21)12-4-6-13(7-5-12)19(22)23/h4-7,11H,8-10H2,1-3H3. The zero-order valence-corrected chi connectivity index (χ0v) is 13.5. The van der Waals surface area contributed by atoms with E-state index < -0.39 is 10.3 Å². The third kappa shape index (κ3) is 2.42. The number of imide groups is 1. The van der Waals surface area contributed by atoms with E-state index in [1.165, 1.54) is 17.0 Å². The summed E-state index contributed by atoms with van der Waals surface area (Å²) in [5, 5.41) is 10.8. The number of amides is 2. The first-order chi connectivity index (χ1) is 10.6. The molecule has 4 rings (SSSR count). The number of piperidine rings is 2. The van der Waals surface area contributed by atoms with Crippen molar-refractivity contribution in [2.24, 2.45) is 11.3 Å².